The van der Waals surface area contributed by atoms with Crippen LogP contribution in [0, 0.1) is 13.8 Å². The van der Waals surface area contributed by atoms with Gasteiger partial charge in [-0.3, -0.25) is 9.97 Å². The van der Waals surface area contributed by atoms with Crippen LogP contribution in [0.3, 0.4) is 0 Å². The monoisotopic (exact) mass is 292 g/mol. The molecular weight excluding hydrogens is 272 g/mol. The van der Waals surface area contributed by atoms with Crippen molar-refractivity contribution in [3.63, 3.8) is 0 Å². The van der Waals surface area contributed by atoms with Crippen LogP contribution < -0.4 is 0 Å². The molecule has 2 aromatic heterocycles. The van der Waals surface area contributed by atoms with Gasteiger partial charge in [-0.05, 0) is 20.3 Å². The summed E-state index contributed by atoms with van der Waals surface area (Å²) in [6.45, 7) is 3.99. The number of rotatable bonds is 4. The third-order valence-electron chi connectivity index (χ3n) is 3.80. The lowest BCUT2D eigenvalue weighted by Crippen LogP contribution is -2.04. The number of aromatic nitrogens is 4. The summed E-state index contributed by atoms with van der Waals surface area (Å²) in [6.07, 6.45) is 5.62. The summed E-state index contributed by atoms with van der Waals surface area (Å²) in [5.74, 6) is 1.07. The largest absolute Gasteiger partial charge is 0.337 e. The summed E-state index contributed by atoms with van der Waals surface area (Å²) >= 11 is 0. The average molecular weight is 292 g/mol. The van der Waals surface area contributed by atoms with Gasteiger partial charge in [-0.25, -0.2) is 4.98 Å². The van der Waals surface area contributed by atoms with Crippen molar-refractivity contribution in [2.45, 2.75) is 26.7 Å². The highest BCUT2D eigenvalue weighted by molar-refractivity contribution is 5.58. The molecule has 0 aliphatic carbocycles. The molecule has 0 N–H and O–H groups in total. The molecule has 3 aromatic rings. The first-order chi connectivity index (χ1) is 10.6. The van der Waals surface area contributed by atoms with Crippen LogP contribution in [-0.2, 0) is 19.9 Å². The smallest absolute Gasteiger partial charge is 0.109 e. The van der Waals surface area contributed by atoms with Gasteiger partial charge < -0.3 is 4.57 Å². The zero-order valence-electron chi connectivity index (χ0n) is 13.2. The molecule has 0 saturated carbocycles. The van der Waals surface area contributed by atoms with Crippen LogP contribution in [0.2, 0.25) is 0 Å². The van der Waals surface area contributed by atoms with Gasteiger partial charge in [0.2, 0.25) is 0 Å². The Balaban J connectivity index is 1.79. The molecule has 0 amide bonds. The van der Waals surface area contributed by atoms with Crippen molar-refractivity contribution in [2.24, 2.45) is 7.05 Å². The first-order valence-electron chi connectivity index (χ1n) is 7.50. The molecule has 22 heavy (non-hydrogen) atoms. The van der Waals surface area contributed by atoms with Crippen molar-refractivity contribution in [1.29, 1.82) is 0 Å². The molecule has 0 saturated heterocycles. The summed E-state index contributed by atoms with van der Waals surface area (Å²) in [4.78, 5) is 13.7. The van der Waals surface area contributed by atoms with Crippen LogP contribution in [0.25, 0.3) is 11.3 Å². The molecule has 0 aliphatic rings. The third-order valence-corrected chi connectivity index (χ3v) is 3.80. The van der Waals surface area contributed by atoms with Crippen molar-refractivity contribution < 1.29 is 0 Å². The van der Waals surface area contributed by atoms with Gasteiger partial charge in [-0.1, -0.05) is 30.3 Å². The van der Waals surface area contributed by atoms with E-state index in [4.69, 9.17) is 4.98 Å². The van der Waals surface area contributed by atoms with Gasteiger partial charge in [0.25, 0.3) is 0 Å². The van der Waals surface area contributed by atoms with Crippen molar-refractivity contribution in [2.75, 3.05) is 0 Å². The van der Waals surface area contributed by atoms with Crippen molar-refractivity contribution in [1.82, 2.24) is 19.5 Å². The van der Waals surface area contributed by atoms with E-state index in [1.807, 2.05) is 45.3 Å². The fraction of sp³-hybridized carbons (Fsp3) is 0.278. The second-order valence-corrected chi connectivity index (χ2v) is 5.56. The Bertz CT molecular complexity index is 775. The fourth-order valence-electron chi connectivity index (χ4n) is 2.54. The second kappa shape index (κ2) is 6.10. The number of benzene rings is 1. The topological polar surface area (TPSA) is 43.6 Å². The van der Waals surface area contributed by atoms with Crippen molar-refractivity contribution in [3.8, 4) is 11.3 Å². The molecule has 112 valence electrons. The minimum Gasteiger partial charge on any atom is -0.337 e. The van der Waals surface area contributed by atoms with Crippen LogP contribution in [0.15, 0.2) is 42.7 Å². The lowest BCUT2D eigenvalue weighted by Gasteiger charge is -2.05. The number of hydrogen-bond acceptors (Lipinski definition) is 3. The van der Waals surface area contributed by atoms with Crippen LogP contribution in [0.1, 0.15) is 22.9 Å². The van der Waals surface area contributed by atoms with E-state index in [1.165, 1.54) is 0 Å². The number of aryl methyl sites for hydroxylation is 5. The number of hydrogen-bond donors (Lipinski definition) is 0. The molecule has 0 unspecified atom stereocenters. The predicted octanol–water partition coefficient (Wildman–Crippen LogP) is 3.28. The normalized spacial score (nSPS) is 10.9. The lowest BCUT2D eigenvalue weighted by atomic mass is 10.2. The quantitative estimate of drug-likeness (QED) is 0.741. The first-order valence-corrected chi connectivity index (χ1v) is 7.50. The minimum atomic E-state index is 0.861. The Labute approximate surface area is 130 Å². The third kappa shape index (κ3) is 3.06. The standard InChI is InChI=1S/C18H20N4/c1-13-11-19-14(2)16(20-13)9-10-18-21-17(12-22(18)3)15-7-5-4-6-8-15/h4-8,11-12H,9-10H2,1-3H3. The summed E-state index contributed by atoms with van der Waals surface area (Å²) < 4.78 is 2.10. The van der Waals surface area contributed by atoms with Crippen molar-refractivity contribution >= 4 is 0 Å². The van der Waals surface area contributed by atoms with Gasteiger partial charge in [-0.2, -0.15) is 0 Å². The van der Waals surface area contributed by atoms with E-state index in [1.54, 1.807) is 0 Å². The highest BCUT2D eigenvalue weighted by Gasteiger charge is 2.09. The van der Waals surface area contributed by atoms with E-state index in [9.17, 15) is 0 Å². The molecule has 4 heteroatoms. The molecule has 0 radical (unpaired) electrons. The van der Waals surface area contributed by atoms with E-state index >= 15 is 0 Å². The van der Waals surface area contributed by atoms with Gasteiger partial charge in [0.1, 0.15) is 5.82 Å². The zero-order valence-corrected chi connectivity index (χ0v) is 13.2. The molecule has 3 rings (SSSR count). The molecule has 0 aliphatic heterocycles. The molecule has 4 nitrogen and oxygen atoms in total. The van der Waals surface area contributed by atoms with Gasteiger partial charge in [0.05, 0.1) is 22.8 Å². The Morgan fingerprint density at radius 3 is 2.55 bits per heavy atom. The highest BCUT2D eigenvalue weighted by Crippen LogP contribution is 2.18. The maximum absolute atomic E-state index is 4.76. The predicted molar refractivity (Wildman–Crippen MR) is 87.6 cm³/mol. The second-order valence-electron chi connectivity index (χ2n) is 5.56. The summed E-state index contributed by atoms with van der Waals surface area (Å²) in [5, 5.41) is 0. The zero-order chi connectivity index (χ0) is 15.5. The average Bonchev–Trinajstić information content (AvgIpc) is 2.90. The Hall–Kier alpha value is -2.49. The van der Waals surface area contributed by atoms with Crippen LogP contribution in [0.4, 0.5) is 0 Å². The molecule has 0 atom stereocenters. The highest BCUT2D eigenvalue weighted by atomic mass is 15.0. The van der Waals surface area contributed by atoms with Gasteiger partial charge in [-0.15, -0.1) is 0 Å². The molecule has 0 fully saturated rings. The van der Waals surface area contributed by atoms with Crippen LogP contribution >= 0.6 is 0 Å². The minimum absolute atomic E-state index is 0.861. The molecule has 0 spiro atoms. The van der Waals surface area contributed by atoms with Gasteiger partial charge in [0.15, 0.2) is 0 Å². The Kier molecular flexibility index (Phi) is 4.00. The van der Waals surface area contributed by atoms with E-state index < -0.39 is 0 Å². The molecule has 1 aromatic carbocycles. The van der Waals surface area contributed by atoms with E-state index in [0.717, 1.165) is 47.0 Å². The van der Waals surface area contributed by atoms with Crippen LogP contribution in [0.5, 0.6) is 0 Å². The fourth-order valence-corrected chi connectivity index (χ4v) is 2.54. The van der Waals surface area contributed by atoms with Crippen LogP contribution in [-0.4, -0.2) is 19.5 Å². The van der Waals surface area contributed by atoms with Gasteiger partial charge >= 0.3 is 0 Å². The molecular formula is C18H20N4. The van der Waals surface area contributed by atoms with Crippen molar-refractivity contribution in [3.05, 3.63) is 65.6 Å². The molecule has 0 bridgehead atoms. The summed E-state index contributed by atoms with van der Waals surface area (Å²) in [7, 11) is 2.05. The number of nitrogens with zero attached hydrogens (tertiary/aromatic N) is 4. The Morgan fingerprint density at radius 1 is 1.00 bits per heavy atom. The van der Waals surface area contributed by atoms with E-state index in [2.05, 4.69) is 32.9 Å². The first kappa shape index (κ1) is 14.4. The SMILES string of the molecule is Cc1cnc(C)c(CCc2nc(-c3ccccc3)cn2C)n1. The Morgan fingerprint density at radius 2 is 1.77 bits per heavy atom. The van der Waals surface area contributed by atoms with E-state index in [0.29, 0.717) is 0 Å². The molecule has 2 heterocycles. The van der Waals surface area contributed by atoms with E-state index in [-0.39, 0.29) is 0 Å². The lowest BCUT2D eigenvalue weighted by molar-refractivity contribution is 0.752. The maximum atomic E-state index is 4.76. The summed E-state index contributed by atoms with van der Waals surface area (Å²) in [5.41, 5.74) is 5.19. The maximum Gasteiger partial charge on any atom is 0.109 e. The summed E-state index contributed by atoms with van der Waals surface area (Å²) in [6, 6.07) is 10.3. The van der Waals surface area contributed by atoms with Gasteiger partial charge in [0, 0.05) is 31.4 Å². The number of imidazole rings is 1.